The number of carbonyl (C=O) groups is 2. The van der Waals surface area contributed by atoms with Crippen LogP contribution in [0.15, 0.2) is 42.5 Å². The van der Waals surface area contributed by atoms with Gasteiger partial charge in [-0.15, -0.1) is 0 Å². The third-order valence-electron chi connectivity index (χ3n) is 3.99. The lowest BCUT2D eigenvalue weighted by molar-refractivity contribution is -0.384. The number of nitrogens with zero attached hydrogens (tertiary/aromatic N) is 2. The molecule has 1 atom stereocenters. The first-order chi connectivity index (χ1) is 14.3. The molecule has 2 aromatic carbocycles. The molecular formula is C20H20N4O6. The van der Waals surface area contributed by atoms with E-state index in [9.17, 15) is 19.7 Å². The van der Waals surface area contributed by atoms with Crippen LogP contribution in [0.5, 0.6) is 0 Å². The summed E-state index contributed by atoms with van der Waals surface area (Å²) in [5.41, 5.74) is 0.755. The molecule has 0 spiro atoms. The van der Waals surface area contributed by atoms with Crippen LogP contribution >= 0.6 is 0 Å². The second-order valence-corrected chi connectivity index (χ2v) is 6.13. The first-order valence-corrected chi connectivity index (χ1v) is 8.89. The van der Waals surface area contributed by atoms with Gasteiger partial charge in [0, 0.05) is 25.4 Å². The zero-order valence-electron chi connectivity index (χ0n) is 16.4. The van der Waals surface area contributed by atoms with Crippen LogP contribution < -0.4 is 10.6 Å². The van der Waals surface area contributed by atoms with Crippen molar-refractivity contribution >= 4 is 28.9 Å². The molecule has 0 saturated heterocycles. The van der Waals surface area contributed by atoms with Gasteiger partial charge < -0.3 is 20.1 Å². The Labute approximate surface area is 172 Å². The smallest absolute Gasteiger partial charge is 0.339 e. The van der Waals surface area contributed by atoms with Crippen molar-refractivity contribution in [3.05, 3.63) is 63.7 Å². The fraction of sp³-hybridized carbons (Fsp3) is 0.250. The van der Waals surface area contributed by atoms with Gasteiger partial charge in [-0.1, -0.05) is 0 Å². The number of nitrogens with one attached hydrogen (secondary N) is 2. The fourth-order valence-corrected chi connectivity index (χ4v) is 2.40. The summed E-state index contributed by atoms with van der Waals surface area (Å²) in [5, 5.41) is 25.5. The average Bonchev–Trinajstić information content (AvgIpc) is 2.74. The van der Waals surface area contributed by atoms with Crippen molar-refractivity contribution in [1.29, 1.82) is 5.26 Å². The molecule has 0 bridgehead atoms. The van der Waals surface area contributed by atoms with Crippen molar-refractivity contribution in [2.75, 3.05) is 30.9 Å². The zero-order valence-corrected chi connectivity index (χ0v) is 16.4. The van der Waals surface area contributed by atoms with Crippen molar-refractivity contribution < 1.29 is 24.0 Å². The van der Waals surface area contributed by atoms with Crippen molar-refractivity contribution in [2.24, 2.45) is 0 Å². The minimum Gasteiger partial charge on any atom is -0.449 e. The third-order valence-corrected chi connectivity index (χ3v) is 3.99. The Morgan fingerprint density at radius 3 is 2.53 bits per heavy atom. The summed E-state index contributed by atoms with van der Waals surface area (Å²) < 4.78 is 10.0. The molecule has 0 aliphatic heterocycles. The maximum absolute atomic E-state index is 12.3. The highest BCUT2D eigenvalue weighted by molar-refractivity contribution is 5.97. The first kappa shape index (κ1) is 22.3. The molecule has 0 aromatic heterocycles. The van der Waals surface area contributed by atoms with Crippen LogP contribution in [0.2, 0.25) is 0 Å². The van der Waals surface area contributed by atoms with Gasteiger partial charge in [-0.05, 0) is 43.3 Å². The lowest BCUT2D eigenvalue weighted by atomic mass is 10.1. The third kappa shape index (κ3) is 6.02. The van der Waals surface area contributed by atoms with Crippen molar-refractivity contribution in [3.63, 3.8) is 0 Å². The van der Waals surface area contributed by atoms with Gasteiger partial charge in [0.25, 0.3) is 11.6 Å². The molecule has 0 radical (unpaired) electrons. The van der Waals surface area contributed by atoms with E-state index in [0.29, 0.717) is 24.4 Å². The maximum Gasteiger partial charge on any atom is 0.339 e. The highest BCUT2D eigenvalue weighted by Crippen LogP contribution is 2.26. The van der Waals surface area contributed by atoms with E-state index in [1.807, 2.05) is 6.07 Å². The molecule has 0 aliphatic carbocycles. The quantitative estimate of drug-likeness (QED) is 0.277. The van der Waals surface area contributed by atoms with E-state index in [1.54, 1.807) is 12.1 Å². The number of hydrogen-bond donors (Lipinski definition) is 2. The number of anilines is 2. The standard InChI is InChI=1S/C20H20N4O6/c1-13(19(25)23-16-6-3-14(12-21)4-7-16)30-20(26)15-5-8-17(22-9-10-29-2)18(11-15)24(27)28/h3-8,11,13,22H,9-10H2,1-2H3,(H,23,25)/t13-/m1/s1. The highest BCUT2D eigenvalue weighted by atomic mass is 16.6. The second kappa shape index (κ2) is 10.5. The van der Waals surface area contributed by atoms with E-state index >= 15 is 0 Å². The molecule has 2 rings (SSSR count). The molecule has 30 heavy (non-hydrogen) atoms. The predicted octanol–water partition coefficient (Wildman–Crippen LogP) is 2.71. The minimum atomic E-state index is -1.15. The Morgan fingerprint density at radius 2 is 1.93 bits per heavy atom. The summed E-state index contributed by atoms with van der Waals surface area (Å²) in [5.74, 6) is -1.45. The number of nitriles is 1. The van der Waals surface area contributed by atoms with Gasteiger partial charge in [-0.3, -0.25) is 14.9 Å². The zero-order chi connectivity index (χ0) is 22.1. The van der Waals surface area contributed by atoms with Crippen LogP contribution in [0.25, 0.3) is 0 Å². The predicted molar refractivity (Wildman–Crippen MR) is 108 cm³/mol. The van der Waals surface area contributed by atoms with Crippen LogP contribution in [-0.4, -0.2) is 43.2 Å². The van der Waals surface area contributed by atoms with Gasteiger partial charge >= 0.3 is 5.97 Å². The van der Waals surface area contributed by atoms with E-state index < -0.39 is 22.9 Å². The van der Waals surface area contributed by atoms with Crippen LogP contribution in [0.4, 0.5) is 17.1 Å². The number of amides is 1. The van der Waals surface area contributed by atoms with Gasteiger partial charge in [-0.2, -0.15) is 5.26 Å². The summed E-state index contributed by atoms with van der Waals surface area (Å²) in [6.07, 6.45) is -1.15. The average molecular weight is 412 g/mol. The molecule has 10 nitrogen and oxygen atoms in total. The molecule has 2 aromatic rings. The number of esters is 1. The lowest BCUT2D eigenvalue weighted by Crippen LogP contribution is -2.30. The number of carbonyl (C=O) groups excluding carboxylic acids is 2. The van der Waals surface area contributed by atoms with Gasteiger partial charge in [-0.25, -0.2) is 4.79 Å². The molecule has 0 unspecified atom stereocenters. The van der Waals surface area contributed by atoms with E-state index in [1.165, 1.54) is 38.3 Å². The molecule has 0 aliphatic rings. The Kier molecular flexibility index (Phi) is 7.84. The van der Waals surface area contributed by atoms with Gasteiger partial charge in [0.1, 0.15) is 5.69 Å². The van der Waals surface area contributed by atoms with Crippen LogP contribution in [0.3, 0.4) is 0 Å². The van der Waals surface area contributed by atoms with Gasteiger partial charge in [0.15, 0.2) is 6.10 Å². The largest absolute Gasteiger partial charge is 0.449 e. The summed E-state index contributed by atoms with van der Waals surface area (Å²) in [6, 6.07) is 12.0. The Hall–Kier alpha value is -3.97. The SMILES string of the molecule is COCCNc1ccc(C(=O)O[C@H](C)C(=O)Nc2ccc(C#N)cc2)cc1[N+](=O)[O-]. The van der Waals surface area contributed by atoms with Crippen molar-refractivity contribution in [2.45, 2.75) is 13.0 Å². The fourth-order valence-electron chi connectivity index (χ4n) is 2.40. The Morgan fingerprint density at radius 1 is 1.23 bits per heavy atom. The molecule has 156 valence electrons. The number of nitro groups is 1. The molecule has 10 heteroatoms. The summed E-state index contributed by atoms with van der Waals surface area (Å²) in [4.78, 5) is 35.3. The van der Waals surface area contributed by atoms with Crippen molar-refractivity contribution in [3.8, 4) is 6.07 Å². The molecule has 0 saturated carbocycles. The van der Waals surface area contributed by atoms with Crippen LogP contribution in [0, 0.1) is 21.4 Å². The Balaban J connectivity index is 2.04. The van der Waals surface area contributed by atoms with Crippen LogP contribution in [0.1, 0.15) is 22.8 Å². The summed E-state index contributed by atoms with van der Waals surface area (Å²) in [6.45, 7) is 2.09. The number of rotatable bonds is 9. The minimum absolute atomic E-state index is 0.0583. The van der Waals surface area contributed by atoms with E-state index in [0.717, 1.165) is 6.07 Å². The van der Waals surface area contributed by atoms with Gasteiger partial charge in [0.05, 0.1) is 28.7 Å². The maximum atomic E-state index is 12.3. The second-order valence-electron chi connectivity index (χ2n) is 6.13. The lowest BCUT2D eigenvalue weighted by Gasteiger charge is -2.14. The summed E-state index contributed by atoms with van der Waals surface area (Å²) in [7, 11) is 1.51. The normalized spacial score (nSPS) is 11.1. The number of ether oxygens (including phenoxy) is 2. The topological polar surface area (TPSA) is 144 Å². The van der Waals surface area contributed by atoms with Crippen LogP contribution in [-0.2, 0) is 14.3 Å². The molecular weight excluding hydrogens is 392 g/mol. The van der Waals surface area contributed by atoms with E-state index in [4.69, 9.17) is 14.7 Å². The van der Waals surface area contributed by atoms with Gasteiger partial charge in [0.2, 0.25) is 0 Å². The monoisotopic (exact) mass is 412 g/mol. The molecule has 1 amide bonds. The number of benzene rings is 2. The highest BCUT2D eigenvalue weighted by Gasteiger charge is 2.22. The van der Waals surface area contributed by atoms with Crippen molar-refractivity contribution in [1.82, 2.24) is 0 Å². The van der Waals surface area contributed by atoms with E-state index in [2.05, 4.69) is 10.6 Å². The molecule has 0 fully saturated rings. The number of methoxy groups -OCH3 is 1. The molecule has 2 N–H and O–H groups in total. The van der Waals surface area contributed by atoms with E-state index in [-0.39, 0.29) is 16.9 Å². The first-order valence-electron chi connectivity index (χ1n) is 8.89. The molecule has 0 heterocycles. The number of nitro benzene ring substituents is 1. The Bertz CT molecular complexity index is 968. The summed E-state index contributed by atoms with van der Waals surface area (Å²) >= 11 is 0. The number of hydrogen-bond acceptors (Lipinski definition) is 8.